The monoisotopic (exact) mass is 367 g/mol. The summed E-state index contributed by atoms with van der Waals surface area (Å²) in [6.07, 6.45) is 6.22. The summed E-state index contributed by atoms with van der Waals surface area (Å²) in [5.74, 6) is 0.377. The minimum Gasteiger partial charge on any atom is -0.416 e. The second kappa shape index (κ2) is 7.89. The Morgan fingerprint density at radius 3 is 2.76 bits per heavy atom. The molecule has 6 nitrogen and oxygen atoms in total. The van der Waals surface area contributed by atoms with Gasteiger partial charge in [0.15, 0.2) is 11.6 Å². The third-order valence-electron chi connectivity index (χ3n) is 3.24. The Morgan fingerprint density at radius 1 is 1.44 bits per heavy atom. The molecule has 132 valence electrons. The molecule has 0 aliphatic carbocycles. The predicted molar refractivity (Wildman–Crippen MR) is 92.0 cm³/mol. The Bertz CT molecular complexity index is 845. The SMILES string of the molecule is C=C/C(N)=C(\C=C/C)c1nnc(-c2cc(Cl)cnc2OC(F)F)n1C. The highest BCUT2D eigenvalue weighted by molar-refractivity contribution is 6.30. The summed E-state index contributed by atoms with van der Waals surface area (Å²) in [5.41, 5.74) is 7.11. The van der Waals surface area contributed by atoms with Crippen LogP contribution >= 0.6 is 11.6 Å². The van der Waals surface area contributed by atoms with Crippen LogP contribution in [-0.4, -0.2) is 26.4 Å². The maximum atomic E-state index is 12.6. The molecule has 0 amide bonds. The van der Waals surface area contributed by atoms with Crippen molar-refractivity contribution in [3.63, 3.8) is 0 Å². The Hall–Kier alpha value is -2.74. The lowest BCUT2D eigenvalue weighted by Crippen LogP contribution is -2.07. The van der Waals surface area contributed by atoms with Crippen molar-refractivity contribution in [2.24, 2.45) is 12.8 Å². The number of rotatable bonds is 6. The van der Waals surface area contributed by atoms with Crippen LogP contribution in [0.5, 0.6) is 5.88 Å². The van der Waals surface area contributed by atoms with Crippen LogP contribution in [0, 0.1) is 0 Å². The number of nitrogens with zero attached hydrogens (tertiary/aromatic N) is 4. The van der Waals surface area contributed by atoms with E-state index < -0.39 is 6.61 Å². The fourth-order valence-electron chi connectivity index (χ4n) is 2.14. The standard InChI is InChI=1S/C16H16ClF2N5O/c1-4-6-10(12(20)5-2)13-22-23-14(24(13)3)11-7-9(17)8-21-15(11)25-16(18)19/h4-8,16H,2,20H2,1,3H3/b6-4-,12-10-. The molecule has 2 rings (SSSR count). The van der Waals surface area contributed by atoms with Gasteiger partial charge in [0.2, 0.25) is 5.88 Å². The first kappa shape index (κ1) is 18.6. The van der Waals surface area contributed by atoms with Crippen molar-refractivity contribution < 1.29 is 13.5 Å². The molecule has 0 aromatic carbocycles. The Balaban J connectivity index is 2.63. The van der Waals surface area contributed by atoms with E-state index in [4.69, 9.17) is 17.3 Å². The number of hydrogen-bond donors (Lipinski definition) is 1. The molecule has 2 aromatic rings. The van der Waals surface area contributed by atoms with E-state index in [-0.39, 0.29) is 22.3 Å². The van der Waals surface area contributed by atoms with Crippen LogP contribution in [0.25, 0.3) is 17.0 Å². The highest BCUT2D eigenvalue weighted by atomic mass is 35.5. The van der Waals surface area contributed by atoms with Gasteiger partial charge in [-0.25, -0.2) is 4.98 Å². The first-order valence-electron chi connectivity index (χ1n) is 7.14. The minimum atomic E-state index is -3.03. The van der Waals surface area contributed by atoms with Crippen molar-refractivity contribution in [3.8, 4) is 17.3 Å². The first-order chi connectivity index (χ1) is 11.9. The van der Waals surface area contributed by atoms with E-state index in [0.717, 1.165) is 0 Å². The zero-order chi connectivity index (χ0) is 18.6. The van der Waals surface area contributed by atoms with Gasteiger partial charge in [-0.1, -0.05) is 30.3 Å². The molecular formula is C16H16ClF2N5O. The van der Waals surface area contributed by atoms with Crippen LogP contribution in [0.3, 0.4) is 0 Å². The molecule has 0 fully saturated rings. The first-order valence-corrected chi connectivity index (χ1v) is 7.52. The Kier molecular flexibility index (Phi) is 5.87. The Labute approximate surface area is 148 Å². The van der Waals surface area contributed by atoms with Gasteiger partial charge in [-0.3, -0.25) is 0 Å². The summed E-state index contributed by atoms with van der Waals surface area (Å²) in [6, 6.07) is 1.43. The molecule has 2 heterocycles. The lowest BCUT2D eigenvalue weighted by Gasteiger charge is -2.10. The van der Waals surface area contributed by atoms with Gasteiger partial charge in [0, 0.05) is 24.5 Å². The van der Waals surface area contributed by atoms with Crippen molar-refractivity contribution in [1.29, 1.82) is 0 Å². The van der Waals surface area contributed by atoms with Gasteiger partial charge in [0.25, 0.3) is 0 Å². The van der Waals surface area contributed by atoms with Gasteiger partial charge in [-0.05, 0) is 19.1 Å². The number of pyridine rings is 1. The molecule has 0 spiro atoms. The number of halogens is 3. The molecule has 0 atom stereocenters. The second-order valence-corrected chi connectivity index (χ2v) is 5.30. The van der Waals surface area contributed by atoms with Gasteiger partial charge in [-0.2, -0.15) is 8.78 Å². The number of hydrogen-bond acceptors (Lipinski definition) is 5. The van der Waals surface area contributed by atoms with E-state index in [1.165, 1.54) is 18.3 Å². The molecule has 9 heteroatoms. The lowest BCUT2D eigenvalue weighted by molar-refractivity contribution is -0.0524. The number of nitrogens with two attached hydrogens (primary N) is 1. The largest absolute Gasteiger partial charge is 0.416 e. The minimum absolute atomic E-state index is 0.186. The van der Waals surface area contributed by atoms with Crippen molar-refractivity contribution in [2.75, 3.05) is 0 Å². The highest BCUT2D eigenvalue weighted by Gasteiger charge is 2.20. The molecule has 0 saturated carbocycles. The van der Waals surface area contributed by atoms with Crippen LogP contribution in [0.1, 0.15) is 12.7 Å². The van der Waals surface area contributed by atoms with E-state index in [0.29, 0.717) is 17.1 Å². The van der Waals surface area contributed by atoms with Crippen molar-refractivity contribution >= 4 is 17.2 Å². The van der Waals surface area contributed by atoms with Gasteiger partial charge >= 0.3 is 6.61 Å². The molecular weight excluding hydrogens is 352 g/mol. The van der Waals surface area contributed by atoms with Crippen molar-refractivity contribution in [3.05, 3.63) is 53.6 Å². The van der Waals surface area contributed by atoms with Gasteiger partial charge < -0.3 is 15.0 Å². The highest BCUT2D eigenvalue weighted by Crippen LogP contribution is 2.31. The summed E-state index contributed by atoms with van der Waals surface area (Å²) in [5, 5.41) is 8.38. The molecule has 0 radical (unpaired) electrons. The topological polar surface area (TPSA) is 78.8 Å². The van der Waals surface area contributed by atoms with Crippen molar-refractivity contribution in [1.82, 2.24) is 19.7 Å². The summed E-state index contributed by atoms with van der Waals surface area (Å²) in [4.78, 5) is 3.80. The molecule has 0 saturated heterocycles. The normalized spacial score (nSPS) is 12.6. The van der Waals surface area contributed by atoms with E-state index in [9.17, 15) is 8.78 Å². The number of alkyl halides is 2. The maximum Gasteiger partial charge on any atom is 0.388 e. The van der Waals surface area contributed by atoms with Crippen LogP contribution in [0.15, 0.2) is 42.8 Å². The third kappa shape index (κ3) is 4.03. The predicted octanol–water partition coefficient (Wildman–Crippen LogP) is 3.56. The molecule has 0 bridgehead atoms. The average Bonchev–Trinajstić information content (AvgIpc) is 2.94. The molecule has 0 aliphatic heterocycles. The van der Waals surface area contributed by atoms with Crippen molar-refractivity contribution in [2.45, 2.75) is 13.5 Å². The Morgan fingerprint density at radius 2 is 2.16 bits per heavy atom. The van der Waals surface area contributed by atoms with E-state index in [2.05, 4.69) is 26.5 Å². The van der Waals surface area contributed by atoms with Crippen LogP contribution in [-0.2, 0) is 7.05 Å². The number of aromatic nitrogens is 4. The van der Waals surface area contributed by atoms with E-state index in [1.54, 1.807) is 23.8 Å². The summed E-state index contributed by atoms with van der Waals surface area (Å²) >= 11 is 5.93. The summed E-state index contributed by atoms with van der Waals surface area (Å²) < 4.78 is 31.3. The fraction of sp³-hybridized carbons (Fsp3) is 0.188. The average molecular weight is 368 g/mol. The fourth-order valence-corrected chi connectivity index (χ4v) is 2.30. The summed E-state index contributed by atoms with van der Waals surface area (Å²) in [6.45, 7) is 2.43. The molecule has 25 heavy (non-hydrogen) atoms. The second-order valence-electron chi connectivity index (χ2n) is 4.86. The van der Waals surface area contributed by atoms with Crippen LogP contribution in [0.4, 0.5) is 8.78 Å². The van der Waals surface area contributed by atoms with Crippen LogP contribution < -0.4 is 10.5 Å². The maximum absolute atomic E-state index is 12.6. The molecule has 0 unspecified atom stereocenters. The van der Waals surface area contributed by atoms with E-state index in [1.807, 2.05) is 6.92 Å². The zero-order valence-electron chi connectivity index (χ0n) is 13.6. The number of ether oxygens (including phenoxy) is 1. The number of allylic oxidation sites excluding steroid dienone is 4. The molecule has 2 N–H and O–H groups in total. The van der Waals surface area contributed by atoms with Crippen LogP contribution in [0.2, 0.25) is 5.02 Å². The van der Waals surface area contributed by atoms with Gasteiger partial charge in [0.1, 0.15) is 0 Å². The van der Waals surface area contributed by atoms with Gasteiger partial charge in [0.05, 0.1) is 10.6 Å². The smallest absolute Gasteiger partial charge is 0.388 e. The summed E-state index contributed by atoms with van der Waals surface area (Å²) in [7, 11) is 1.66. The third-order valence-corrected chi connectivity index (χ3v) is 3.45. The zero-order valence-corrected chi connectivity index (χ0v) is 14.3. The lowest BCUT2D eigenvalue weighted by atomic mass is 10.1. The molecule has 2 aromatic heterocycles. The van der Waals surface area contributed by atoms with Gasteiger partial charge in [-0.15, -0.1) is 10.2 Å². The van der Waals surface area contributed by atoms with E-state index >= 15 is 0 Å². The quantitative estimate of drug-likeness (QED) is 0.790. The molecule has 0 aliphatic rings.